The molecule has 6 nitrogen and oxygen atoms in total. The second-order valence-electron chi connectivity index (χ2n) is 6.12. The predicted molar refractivity (Wildman–Crippen MR) is 109 cm³/mol. The average Bonchev–Trinajstić information content (AvgIpc) is 3.38. The number of carbonyl (C=O) groups is 1. The van der Waals surface area contributed by atoms with Crippen LogP contribution in [0.4, 0.5) is 0 Å². The van der Waals surface area contributed by atoms with E-state index in [2.05, 4.69) is 29.4 Å². The van der Waals surface area contributed by atoms with Crippen molar-refractivity contribution in [2.75, 3.05) is 13.1 Å². The van der Waals surface area contributed by atoms with Gasteiger partial charge >= 0.3 is 0 Å². The lowest BCUT2D eigenvalue weighted by atomic mass is 10.2. The number of benzene rings is 1. The fraction of sp³-hybridized carbons (Fsp3) is 0.300. The molecule has 1 aromatic carbocycles. The number of aromatic nitrogens is 4. The van der Waals surface area contributed by atoms with Crippen molar-refractivity contribution >= 4 is 29.0 Å². The topological polar surface area (TPSA) is 63.9 Å². The third-order valence-electron chi connectivity index (χ3n) is 4.05. The number of amides is 1. The van der Waals surface area contributed by atoms with Gasteiger partial charge in [0, 0.05) is 23.5 Å². The summed E-state index contributed by atoms with van der Waals surface area (Å²) < 4.78 is 1.55. The molecular formula is C20H23N5OS. The molecule has 2 aromatic heterocycles. The van der Waals surface area contributed by atoms with Crippen molar-refractivity contribution in [2.24, 2.45) is 0 Å². The van der Waals surface area contributed by atoms with E-state index in [1.54, 1.807) is 16.0 Å². The molecular weight excluding hydrogens is 358 g/mol. The molecule has 0 atom stereocenters. The Morgan fingerprint density at radius 1 is 1.11 bits per heavy atom. The van der Waals surface area contributed by atoms with Gasteiger partial charge in [-0.1, -0.05) is 50.2 Å². The smallest absolute Gasteiger partial charge is 0.272 e. The van der Waals surface area contributed by atoms with Gasteiger partial charge in [-0.2, -0.15) is 4.68 Å². The van der Waals surface area contributed by atoms with E-state index in [1.165, 1.54) is 0 Å². The van der Waals surface area contributed by atoms with E-state index in [9.17, 15) is 4.79 Å². The molecule has 0 saturated heterocycles. The van der Waals surface area contributed by atoms with Crippen LogP contribution >= 0.6 is 11.3 Å². The molecule has 0 N–H and O–H groups in total. The molecule has 0 bridgehead atoms. The van der Waals surface area contributed by atoms with E-state index in [4.69, 9.17) is 0 Å². The molecule has 3 aromatic rings. The quantitative estimate of drug-likeness (QED) is 0.552. The molecule has 0 aliphatic heterocycles. The number of carbonyl (C=O) groups excluding carboxylic acids is 1. The standard InChI is InChI=1S/C20H23N5OS/c1-3-12-24(13-4-2)20(26)18(15-17-11-8-14-27-17)25-19(21-22-23-25)16-9-6-5-7-10-16/h5-11,14-15H,3-4,12-13H2,1-2H3/b18-15-. The van der Waals surface area contributed by atoms with Crippen molar-refractivity contribution in [1.82, 2.24) is 25.1 Å². The molecule has 140 valence electrons. The molecule has 0 unspecified atom stereocenters. The minimum absolute atomic E-state index is 0.0587. The summed E-state index contributed by atoms with van der Waals surface area (Å²) in [7, 11) is 0. The largest absolute Gasteiger partial charge is 0.337 e. The lowest BCUT2D eigenvalue weighted by Gasteiger charge is -2.23. The number of hydrogen-bond acceptors (Lipinski definition) is 5. The minimum Gasteiger partial charge on any atom is -0.337 e. The number of nitrogens with zero attached hydrogens (tertiary/aromatic N) is 5. The molecule has 27 heavy (non-hydrogen) atoms. The maximum Gasteiger partial charge on any atom is 0.272 e. The van der Waals surface area contributed by atoms with Gasteiger partial charge in [0.05, 0.1) is 0 Å². The van der Waals surface area contributed by atoms with Gasteiger partial charge in [0.25, 0.3) is 5.91 Å². The molecule has 0 radical (unpaired) electrons. The predicted octanol–water partition coefficient (Wildman–Crippen LogP) is 4.05. The molecule has 0 saturated carbocycles. The lowest BCUT2D eigenvalue weighted by molar-refractivity contribution is -0.125. The van der Waals surface area contributed by atoms with Crippen LogP contribution in [0.1, 0.15) is 31.6 Å². The first-order valence-electron chi connectivity index (χ1n) is 9.13. The van der Waals surface area contributed by atoms with Gasteiger partial charge in [0.1, 0.15) is 5.70 Å². The van der Waals surface area contributed by atoms with Crippen LogP contribution in [0.5, 0.6) is 0 Å². The summed E-state index contributed by atoms with van der Waals surface area (Å²) in [6.07, 6.45) is 3.67. The van der Waals surface area contributed by atoms with Crippen LogP contribution in [0.3, 0.4) is 0 Å². The monoisotopic (exact) mass is 381 g/mol. The molecule has 0 aliphatic carbocycles. The second kappa shape index (κ2) is 9.23. The zero-order chi connectivity index (χ0) is 19.1. The Hall–Kier alpha value is -2.80. The maximum atomic E-state index is 13.4. The summed E-state index contributed by atoms with van der Waals surface area (Å²) in [5.74, 6) is 0.497. The van der Waals surface area contributed by atoms with Gasteiger partial charge < -0.3 is 4.90 Å². The van der Waals surface area contributed by atoms with Crippen LogP contribution in [0, 0.1) is 0 Å². The molecule has 0 spiro atoms. The number of hydrogen-bond donors (Lipinski definition) is 0. The van der Waals surface area contributed by atoms with Crippen molar-refractivity contribution < 1.29 is 4.79 Å². The highest BCUT2D eigenvalue weighted by Gasteiger charge is 2.23. The number of tetrazole rings is 1. The molecule has 3 rings (SSSR count). The first kappa shape index (κ1) is 19.0. The van der Waals surface area contributed by atoms with Gasteiger partial charge in [-0.15, -0.1) is 16.4 Å². The normalized spacial score (nSPS) is 11.6. The van der Waals surface area contributed by atoms with E-state index in [0.717, 1.165) is 23.3 Å². The van der Waals surface area contributed by atoms with Crippen LogP contribution in [0.25, 0.3) is 23.2 Å². The number of rotatable bonds is 8. The zero-order valence-electron chi connectivity index (χ0n) is 15.6. The van der Waals surface area contributed by atoms with E-state index >= 15 is 0 Å². The Morgan fingerprint density at radius 2 is 1.85 bits per heavy atom. The fourth-order valence-electron chi connectivity index (χ4n) is 2.85. The van der Waals surface area contributed by atoms with Crippen LogP contribution in [0.15, 0.2) is 47.8 Å². The first-order valence-corrected chi connectivity index (χ1v) is 10.0. The average molecular weight is 382 g/mol. The van der Waals surface area contributed by atoms with Crippen molar-refractivity contribution in [3.8, 4) is 11.4 Å². The van der Waals surface area contributed by atoms with Crippen molar-refractivity contribution in [3.05, 3.63) is 52.7 Å². The lowest BCUT2D eigenvalue weighted by Crippen LogP contribution is -2.34. The summed E-state index contributed by atoms with van der Waals surface area (Å²) in [5, 5.41) is 14.1. The van der Waals surface area contributed by atoms with Gasteiger partial charge in [0.2, 0.25) is 0 Å². The Labute approximate surface area is 163 Å². The van der Waals surface area contributed by atoms with E-state index in [0.29, 0.717) is 24.6 Å². The van der Waals surface area contributed by atoms with E-state index < -0.39 is 0 Å². The Kier molecular flexibility index (Phi) is 6.49. The van der Waals surface area contributed by atoms with Crippen LogP contribution in [0.2, 0.25) is 0 Å². The van der Waals surface area contributed by atoms with Crippen LogP contribution in [-0.4, -0.2) is 44.1 Å². The van der Waals surface area contributed by atoms with Crippen LogP contribution < -0.4 is 0 Å². The highest BCUT2D eigenvalue weighted by Crippen LogP contribution is 2.23. The van der Waals surface area contributed by atoms with Gasteiger partial charge in [-0.25, -0.2) is 0 Å². The molecule has 0 fully saturated rings. The van der Waals surface area contributed by atoms with Gasteiger partial charge in [-0.05, 0) is 40.8 Å². The first-order chi connectivity index (χ1) is 13.2. The van der Waals surface area contributed by atoms with Gasteiger partial charge in [0.15, 0.2) is 5.82 Å². The highest BCUT2D eigenvalue weighted by molar-refractivity contribution is 7.10. The third kappa shape index (κ3) is 4.49. The molecule has 0 aliphatic rings. The maximum absolute atomic E-state index is 13.4. The molecule has 2 heterocycles. The van der Waals surface area contributed by atoms with Crippen molar-refractivity contribution in [2.45, 2.75) is 26.7 Å². The minimum atomic E-state index is -0.0587. The van der Waals surface area contributed by atoms with Crippen LogP contribution in [-0.2, 0) is 4.79 Å². The molecule has 1 amide bonds. The summed E-state index contributed by atoms with van der Waals surface area (Å²) >= 11 is 1.58. The summed E-state index contributed by atoms with van der Waals surface area (Å²) in [4.78, 5) is 16.2. The Bertz CT molecular complexity index is 880. The summed E-state index contributed by atoms with van der Waals surface area (Å²) in [6, 6.07) is 13.6. The second-order valence-corrected chi connectivity index (χ2v) is 7.10. The summed E-state index contributed by atoms with van der Waals surface area (Å²) in [6.45, 7) is 5.56. The Balaban J connectivity index is 2.07. The van der Waals surface area contributed by atoms with E-state index in [-0.39, 0.29) is 5.91 Å². The number of thiophene rings is 1. The Morgan fingerprint density at radius 3 is 2.48 bits per heavy atom. The highest BCUT2D eigenvalue weighted by atomic mass is 32.1. The van der Waals surface area contributed by atoms with Crippen molar-refractivity contribution in [1.29, 1.82) is 0 Å². The summed E-state index contributed by atoms with van der Waals surface area (Å²) in [5.41, 5.74) is 1.33. The van der Waals surface area contributed by atoms with Crippen molar-refractivity contribution in [3.63, 3.8) is 0 Å². The zero-order valence-corrected chi connectivity index (χ0v) is 16.4. The molecule has 7 heteroatoms. The van der Waals surface area contributed by atoms with Gasteiger partial charge in [-0.3, -0.25) is 4.79 Å². The SMILES string of the molecule is CCCN(CCC)C(=O)/C(=C/c1cccs1)n1nnnc1-c1ccccc1. The van der Waals surface area contributed by atoms with E-state index in [1.807, 2.05) is 58.8 Å². The third-order valence-corrected chi connectivity index (χ3v) is 4.86. The fourth-order valence-corrected chi connectivity index (χ4v) is 3.51.